The van der Waals surface area contributed by atoms with Gasteiger partial charge >= 0.3 is 0 Å². The first-order chi connectivity index (χ1) is 16.0. The van der Waals surface area contributed by atoms with E-state index in [1.54, 1.807) is 18.1 Å². The molecule has 0 bridgehead atoms. The van der Waals surface area contributed by atoms with Crippen molar-refractivity contribution in [3.05, 3.63) is 47.1 Å². The normalized spacial score (nSPS) is 18.3. The van der Waals surface area contributed by atoms with E-state index in [1.807, 2.05) is 17.0 Å². The molecule has 4 rings (SSSR count). The first-order valence-corrected chi connectivity index (χ1v) is 12.5. The van der Waals surface area contributed by atoms with Gasteiger partial charge in [0.15, 0.2) is 10.9 Å². The van der Waals surface area contributed by atoms with Crippen LogP contribution in [0.1, 0.15) is 47.8 Å². The standard InChI is InChI=1S/C25H32F2N4OS/c1-3-4-7-17(12-18-14-28-20-9-6-5-8-19(18)20)13-22(32)23-15-29-25(33-23)31-11-10-30(2)21(16-31)24(26)27/h5-6,8-9,14-15,17,21,24,28H,3-4,7,10-13,16H2,1-2H3. The maximum Gasteiger partial charge on any atom is 0.255 e. The Morgan fingerprint density at radius 3 is 2.91 bits per heavy atom. The summed E-state index contributed by atoms with van der Waals surface area (Å²) in [6.07, 6.45) is 5.80. The summed E-state index contributed by atoms with van der Waals surface area (Å²) in [5, 5.41) is 1.88. The third-order valence-electron chi connectivity index (χ3n) is 6.65. The minimum Gasteiger partial charge on any atom is -0.361 e. The average molecular weight is 475 g/mol. The van der Waals surface area contributed by atoms with Crippen molar-refractivity contribution >= 4 is 33.2 Å². The van der Waals surface area contributed by atoms with Gasteiger partial charge in [0.1, 0.15) is 0 Å². The van der Waals surface area contributed by atoms with Gasteiger partial charge in [0.05, 0.1) is 17.1 Å². The molecule has 0 radical (unpaired) electrons. The molecule has 1 fully saturated rings. The number of carbonyl (C=O) groups is 1. The predicted octanol–water partition coefficient (Wildman–Crippen LogP) is 5.63. The Labute approximate surface area is 197 Å². The summed E-state index contributed by atoms with van der Waals surface area (Å²) in [6.45, 7) is 3.60. The average Bonchev–Trinajstić information content (AvgIpc) is 3.45. The Morgan fingerprint density at radius 1 is 1.30 bits per heavy atom. The number of alkyl halides is 2. The molecule has 0 aliphatic carbocycles. The highest BCUT2D eigenvalue weighted by Crippen LogP contribution is 2.30. The number of fused-ring (bicyclic) bond motifs is 1. The number of hydrogen-bond donors (Lipinski definition) is 1. The van der Waals surface area contributed by atoms with Gasteiger partial charge in [-0.2, -0.15) is 0 Å². The van der Waals surface area contributed by atoms with Crippen molar-refractivity contribution in [1.29, 1.82) is 0 Å². The number of rotatable bonds is 10. The Morgan fingerprint density at radius 2 is 2.12 bits per heavy atom. The number of Topliss-reactive ketones (excluding diaryl/α,β-unsaturated/α-hetero) is 1. The zero-order valence-electron chi connectivity index (χ0n) is 19.3. The number of unbranched alkanes of at least 4 members (excludes halogenated alkanes) is 1. The Balaban J connectivity index is 1.43. The molecule has 2 unspecified atom stereocenters. The van der Waals surface area contributed by atoms with E-state index in [0.717, 1.165) is 31.2 Å². The van der Waals surface area contributed by atoms with Crippen LogP contribution in [-0.2, 0) is 6.42 Å². The topological polar surface area (TPSA) is 52.2 Å². The van der Waals surface area contributed by atoms with E-state index in [4.69, 9.17) is 0 Å². The van der Waals surface area contributed by atoms with Crippen molar-refractivity contribution < 1.29 is 13.6 Å². The lowest BCUT2D eigenvalue weighted by molar-refractivity contribution is 0.0325. The number of H-pyrrole nitrogens is 1. The number of aromatic amines is 1. The van der Waals surface area contributed by atoms with E-state index < -0.39 is 12.5 Å². The second-order valence-corrected chi connectivity index (χ2v) is 10.0. The molecule has 8 heteroatoms. The molecule has 2 aromatic heterocycles. The number of halogens is 2. The van der Waals surface area contributed by atoms with Gasteiger partial charge in [0.2, 0.25) is 0 Å². The van der Waals surface area contributed by atoms with Gasteiger partial charge in [-0.3, -0.25) is 9.69 Å². The van der Waals surface area contributed by atoms with Crippen molar-refractivity contribution in [3.8, 4) is 0 Å². The number of nitrogens with zero attached hydrogens (tertiary/aromatic N) is 3. The lowest BCUT2D eigenvalue weighted by Gasteiger charge is -2.38. The fourth-order valence-electron chi connectivity index (χ4n) is 4.63. The van der Waals surface area contributed by atoms with Crippen LogP contribution in [0.2, 0.25) is 0 Å². The summed E-state index contributed by atoms with van der Waals surface area (Å²) in [5.41, 5.74) is 2.37. The van der Waals surface area contributed by atoms with Crippen LogP contribution >= 0.6 is 11.3 Å². The molecule has 3 aromatic rings. The first-order valence-electron chi connectivity index (χ1n) is 11.7. The highest BCUT2D eigenvalue weighted by atomic mass is 32.1. The van der Waals surface area contributed by atoms with Crippen LogP contribution in [0.3, 0.4) is 0 Å². The van der Waals surface area contributed by atoms with E-state index in [9.17, 15) is 13.6 Å². The quantitative estimate of drug-likeness (QED) is 0.387. The molecule has 1 aromatic carbocycles. The lowest BCUT2D eigenvalue weighted by atomic mass is 9.89. The zero-order chi connectivity index (χ0) is 23.4. The van der Waals surface area contributed by atoms with E-state index >= 15 is 0 Å². The van der Waals surface area contributed by atoms with Crippen molar-refractivity contribution in [2.75, 3.05) is 31.6 Å². The summed E-state index contributed by atoms with van der Waals surface area (Å²) in [6, 6.07) is 7.45. The molecule has 0 amide bonds. The second-order valence-electron chi connectivity index (χ2n) is 9.03. The number of hydrogen-bond acceptors (Lipinski definition) is 5. The van der Waals surface area contributed by atoms with Gasteiger partial charge in [-0.1, -0.05) is 49.3 Å². The Kier molecular flexibility index (Phi) is 7.75. The minimum atomic E-state index is -2.40. The van der Waals surface area contributed by atoms with Crippen molar-refractivity contribution in [2.24, 2.45) is 5.92 Å². The highest BCUT2D eigenvalue weighted by molar-refractivity contribution is 7.17. The number of nitrogens with one attached hydrogen (secondary N) is 1. The molecule has 0 spiro atoms. The highest BCUT2D eigenvalue weighted by Gasteiger charge is 2.32. The van der Waals surface area contributed by atoms with Crippen LogP contribution in [0.5, 0.6) is 0 Å². The van der Waals surface area contributed by atoms with Crippen molar-refractivity contribution in [1.82, 2.24) is 14.9 Å². The van der Waals surface area contributed by atoms with Crippen molar-refractivity contribution in [2.45, 2.75) is 51.5 Å². The number of para-hydroxylation sites is 1. The lowest BCUT2D eigenvalue weighted by Crippen LogP contribution is -2.54. The Bertz CT molecular complexity index is 1070. The molecule has 1 aliphatic rings. The number of aromatic nitrogens is 2. The van der Waals surface area contributed by atoms with E-state index in [0.29, 0.717) is 29.5 Å². The summed E-state index contributed by atoms with van der Waals surface area (Å²) in [5.74, 6) is 0.355. The van der Waals surface area contributed by atoms with Crippen LogP contribution in [0, 0.1) is 5.92 Å². The monoisotopic (exact) mass is 474 g/mol. The van der Waals surface area contributed by atoms with Crippen LogP contribution in [-0.4, -0.2) is 59.8 Å². The Hall–Kier alpha value is -2.32. The molecular weight excluding hydrogens is 442 g/mol. The van der Waals surface area contributed by atoms with E-state index in [-0.39, 0.29) is 18.2 Å². The van der Waals surface area contributed by atoms with Crippen molar-refractivity contribution in [3.63, 3.8) is 0 Å². The number of benzene rings is 1. The maximum absolute atomic E-state index is 13.3. The number of ketones is 1. The summed E-state index contributed by atoms with van der Waals surface area (Å²) < 4.78 is 26.7. The summed E-state index contributed by atoms with van der Waals surface area (Å²) in [4.78, 5) is 25.1. The number of likely N-dealkylation sites (N-methyl/N-ethyl adjacent to an activating group) is 1. The van der Waals surface area contributed by atoms with E-state index in [1.165, 1.54) is 22.3 Å². The van der Waals surface area contributed by atoms with Gasteiger partial charge in [-0.05, 0) is 37.4 Å². The molecule has 5 nitrogen and oxygen atoms in total. The number of piperazine rings is 1. The van der Waals surface area contributed by atoms with Crippen LogP contribution in [0.25, 0.3) is 10.9 Å². The minimum absolute atomic E-state index is 0.0965. The van der Waals surface area contributed by atoms with E-state index in [2.05, 4.69) is 35.2 Å². The summed E-state index contributed by atoms with van der Waals surface area (Å²) in [7, 11) is 1.73. The smallest absolute Gasteiger partial charge is 0.255 e. The molecule has 0 saturated carbocycles. The fourth-order valence-corrected chi connectivity index (χ4v) is 5.53. The third kappa shape index (κ3) is 5.61. The number of thiazole rings is 1. The van der Waals surface area contributed by atoms with Gasteiger partial charge in [-0.15, -0.1) is 0 Å². The number of carbonyl (C=O) groups excluding carboxylic acids is 1. The van der Waals surface area contributed by atoms with Gasteiger partial charge in [0.25, 0.3) is 6.43 Å². The largest absolute Gasteiger partial charge is 0.361 e. The van der Waals surface area contributed by atoms with Crippen LogP contribution in [0.4, 0.5) is 13.9 Å². The number of anilines is 1. The SMILES string of the molecule is CCCCC(CC(=O)c1cnc(N2CCN(C)C(C(F)F)C2)s1)Cc1c[nH]c2ccccc12. The fraction of sp³-hybridized carbons (Fsp3) is 0.520. The van der Waals surface area contributed by atoms with Crippen LogP contribution in [0.15, 0.2) is 36.7 Å². The molecule has 2 atom stereocenters. The molecule has 1 N–H and O–H groups in total. The zero-order valence-corrected chi connectivity index (χ0v) is 20.1. The predicted molar refractivity (Wildman–Crippen MR) is 131 cm³/mol. The molecule has 3 heterocycles. The molecular formula is C25H32F2N4OS. The summed E-state index contributed by atoms with van der Waals surface area (Å²) >= 11 is 1.33. The molecule has 1 saturated heterocycles. The van der Waals surface area contributed by atoms with Gasteiger partial charge in [0, 0.05) is 43.2 Å². The van der Waals surface area contributed by atoms with Gasteiger partial charge < -0.3 is 9.88 Å². The third-order valence-corrected chi connectivity index (χ3v) is 7.75. The van der Waals surface area contributed by atoms with Crippen LogP contribution < -0.4 is 4.90 Å². The first kappa shape index (κ1) is 23.8. The second kappa shape index (κ2) is 10.7. The molecule has 178 valence electrons. The molecule has 33 heavy (non-hydrogen) atoms. The molecule has 1 aliphatic heterocycles. The maximum atomic E-state index is 13.3. The van der Waals surface area contributed by atoms with Gasteiger partial charge in [-0.25, -0.2) is 13.8 Å².